The zero-order chi connectivity index (χ0) is 53.8. The molecule has 82 heavy (non-hydrogen) atoms. The molecular weight excluding hydrogens is 996 g/mol. The molecule has 11 aromatic rings. The predicted octanol–water partition coefficient (Wildman–Crippen LogP) is 15.7. The third kappa shape index (κ3) is 7.36. The van der Waals surface area contributed by atoms with Crippen LogP contribution in [-0.4, -0.2) is 25.5 Å². The van der Waals surface area contributed by atoms with Gasteiger partial charge in [0, 0.05) is 91.4 Å². The van der Waals surface area contributed by atoms with Crippen molar-refractivity contribution in [1.82, 2.24) is 0 Å². The number of para-hydroxylation sites is 6. The molecule has 6 nitrogen and oxygen atoms in total. The van der Waals surface area contributed by atoms with Gasteiger partial charge < -0.3 is 28.9 Å². The van der Waals surface area contributed by atoms with Crippen LogP contribution in [0, 0.1) is 0 Å². The SMILES string of the molecule is c1ccc(N2c3ccccc3B3c4cc5c(cc4N(c4ccccc4)c4cc(-c6cccc7occc67)cc2c43)N(c2ccccc2)c2cc(N(C3CCCCC3)C3CCCCC3)cc3c2B5c2ccccc2N3c2ccccc2)cc1. The molecule has 0 N–H and O–H groups in total. The minimum absolute atomic E-state index is 0.0585. The van der Waals surface area contributed by atoms with Gasteiger partial charge >= 0.3 is 0 Å². The first-order valence-corrected chi connectivity index (χ1v) is 30.1. The molecule has 0 spiro atoms. The normalized spacial score (nSPS) is 16.0. The molecule has 2 fully saturated rings. The van der Waals surface area contributed by atoms with Crippen LogP contribution in [-0.2, 0) is 0 Å². The Bertz CT molecular complexity index is 4230. The van der Waals surface area contributed by atoms with Crippen molar-refractivity contribution in [2.75, 3.05) is 24.5 Å². The average molecular weight is 1060 g/mol. The Morgan fingerprint density at radius 2 is 0.756 bits per heavy atom. The smallest absolute Gasteiger partial charge is 0.252 e. The Morgan fingerprint density at radius 3 is 1.22 bits per heavy atom. The van der Waals surface area contributed by atoms with Gasteiger partial charge in [0.1, 0.15) is 5.58 Å². The summed E-state index contributed by atoms with van der Waals surface area (Å²) in [6.07, 6.45) is 14.7. The summed E-state index contributed by atoms with van der Waals surface area (Å²) < 4.78 is 6.11. The van der Waals surface area contributed by atoms with Gasteiger partial charge in [0.25, 0.3) is 13.4 Å². The highest BCUT2D eigenvalue weighted by molar-refractivity contribution is 7.03. The molecule has 0 bridgehead atoms. The van der Waals surface area contributed by atoms with Crippen molar-refractivity contribution in [3.8, 4) is 11.1 Å². The molecule has 394 valence electrons. The van der Waals surface area contributed by atoms with Crippen LogP contribution in [0.1, 0.15) is 64.2 Å². The lowest BCUT2D eigenvalue weighted by atomic mass is 9.30. The molecule has 2 aliphatic carbocycles. The summed E-state index contributed by atoms with van der Waals surface area (Å²) in [7, 11) is 0. The van der Waals surface area contributed by atoms with Gasteiger partial charge in [0.05, 0.1) is 6.26 Å². The first kappa shape index (κ1) is 47.7. The van der Waals surface area contributed by atoms with Gasteiger partial charge in [-0.3, -0.25) is 0 Å². The molecule has 10 aromatic carbocycles. The Labute approximate surface area is 481 Å². The van der Waals surface area contributed by atoms with E-state index in [4.69, 9.17) is 4.42 Å². The summed E-state index contributed by atoms with van der Waals surface area (Å²) in [6, 6.07) is 88.3. The topological polar surface area (TPSA) is 29.3 Å². The lowest BCUT2D eigenvalue weighted by Crippen LogP contribution is -2.65. The average Bonchev–Trinajstić information content (AvgIpc) is 1.22. The van der Waals surface area contributed by atoms with E-state index in [0.717, 1.165) is 39.2 Å². The van der Waals surface area contributed by atoms with Gasteiger partial charge in [-0.1, -0.05) is 166 Å². The number of nitrogens with zero attached hydrogens (tertiary/aromatic N) is 5. The zero-order valence-electron chi connectivity index (χ0n) is 46.0. The van der Waals surface area contributed by atoms with Gasteiger partial charge in [-0.2, -0.15) is 0 Å². The number of hydrogen-bond donors (Lipinski definition) is 0. The summed E-state index contributed by atoms with van der Waals surface area (Å²) >= 11 is 0. The summed E-state index contributed by atoms with van der Waals surface area (Å²) in [5.74, 6) is 0. The fourth-order valence-electron chi connectivity index (χ4n) is 15.8. The minimum atomic E-state index is -0.0900. The molecule has 5 heterocycles. The van der Waals surface area contributed by atoms with E-state index in [0.29, 0.717) is 12.1 Å². The van der Waals surface area contributed by atoms with Crippen molar-refractivity contribution in [3.63, 3.8) is 0 Å². The van der Waals surface area contributed by atoms with Crippen LogP contribution in [0.2, 0.25) is 0 Å². The van der Waals surface area contributed by atoms with E-state index in [-0.39, 0.29) is 13.4 Å². The molecule has 0 amide bonds. The molecule has 4 aliphatic heterocycles. The fourth-order valence-corrected chi connectivity index (χ4v) is 15.8. The molecular formula is C74H61B2N5O. The lowest BCUT2D eigenvalue weighted by molar-refractivity contribution is 0.340. The van der Waals surface area contributed by atoms with Crippen molar-refractivity contribution in [1.29, 1.82) is 0 Å². The van der Waals surface area contributed by atoms with Crippen LogP contribution in [0.5, 0.6) is 0 Å². The van der Waals surface area contributed by atoms with Crippen LogP contribution < -0.4 is 57.3 Å². The molecule has 0 saturated heterocycles. The van der Waals surface area contributed by atoms with Crippen LogP contribution in [0.25, 0.3) is 22.1 Å². The van der Waals surface area contributed by atoms with E-state index >= 15 is 0 Å². The Balaban J connectivity index is 0.983. The van der Waals surface area contributed by atoms with Gasteiger partial charge in [-0.15, -0.1) is 0 Å². The maximum absolute atomic E-state index is 6.11. The second-order valence-corrected chi connectivity index (χ2v) is 23.6. The molecule has 6 aliphatic rings. The lowest BCUT2D eigenvalue weighted by Gasteiger charge is -2.48. The van der Waals surface area contributed by atoms with Crippen LogP contribution >= 0.6 is 0 Å². The van der Waals surface area contributed by atoms with E-state index in [9.17, 15) is 0 Å². The number of benzene rings is 10. The Morgan fingerprint density at radius 1 is 0.341 bits per heavy atom. The predicted molar refractivity (Wildman–Crippen MR) is 346 cm³/mol. The van der Waals surface area contributed by atoms with E-state index in [1.165, 1.54) is 154 Å². The maximum atomic E-state index is 6.11. The van der Waals surface area contributed by atoms with E-state index in [1.807, 2.05) is 6.26 Å². The highest BCUT2D eigenvalue weighted by Crippen LogP contribution is 2.51. The maximum Gasteiger partial charge on any atom is 0.252 e. The van der Waals surface area contributed by atoms with Gasteiger partial charge in [-0.25, -0.2) is 0 Å². The molecule has 1 aromatic heterocycles. The van der Waals surface area contributed by atoms with Gasteiger partial charge in [0.15, 0.2) is 0 Å². The summed E-state index contributed by atoms with van der Waals surface area (Å²) in [5, 5.41) is 1.10. The van der Waals surface area contributed by atoms with Crippen molar-refractivity contribution in [2.45, 2.75) is 76.3 Å². The quantitative estimate of drug-likeness (QED) is 0.141. The highest BCUT2D eigenvalue weighted by atomic mass is 16.3. The third-order valence-electron chi connectivity index (χ3n) is 19.2. The minimum Gasteiger partial charge on any atom is -0.464 e. The Hall–Kier alpha value is -9.13. The third-order valence-corrected chi connectivity index (χ3v) is 19.2. The number of rotatable bonds is 8. The number of anilines is 13. The molecule has 2 saturated carbocycles. The van der Waals surface area contributed by atoms with E-state index in [2.05, 4.69) is 255 Å². The summed E-state index contributed by atoms with van der Waals surface area (Å²) in [5.41, 5.74) is 26.8. The standard InChI is InChI=1S/C74H61B2N5O/c1-7-24-51(25-8-1)77(52-26-9-2-10-27-52)57-46-70-74-71(47-57)81(56-34-17-6-18-35-56)67-49-66-62(48-63(67)76(74)61-38-20-22-40-65(61)79(70)54-30-13-4-14-31-54)75-60-37-19-21-39-64(60)78(53-28-11-3-12-29-53)68-44-50(58-36-23-41-72-59(58)42-43-82-72)45-69(73(68)75)80(66)55-32-15-5-16-33-55/h3-6,11-23,28-49,51-52H,1-2,7-10,24-27H2. The van der Waals surface area contributed by atoms with Crippen molar-refractivity contribution >= 4 is 131 Å². The van der Waals surface area contributed by atoms with E-state index in [1.54, 1.807) is 0 Å². The first-order valence-electron chi connectivity index (χ1n) is 30.1. The molecule has 8 heteroatoms. The number of fused-ring (bicyclic) bond motifs is 9. The monoisotopic (exact) mass is 1060 g/mol. The first-order chi connectivity index (χ1) is 40.7. The highest BCUT2D eigenvalue weighted by Gasteiger charge is 2.49. The number of furan rings is 1. The second-order valence-electron chi connectivity index (χ2n) is 23.6. The molecule has 17 rings (SSSR count). The zero-order valence-corrected chi connectivity index (χ0v) is 46.0. The van der Waals surface area contributed by atoms with Crippen molar-refractivity contribution in [3.05, 3.63) is 237 Å². The second kappa shape index (κ2) is 19.3. The van der Waals surface area contributed by atoms with Crippen molar-refractivity contribution in [2.24, 2.45) is 0 Å². The van der Waals surface area contributed by atoms with Crippen LogP contribution in [0.3, 0.4) is 0 Å². The molecule has 0 unspecified atom stereocenters. The van der Waals surface area contributed by atoms with Gasteiger partial charge in [0.2, 0.25) is 0 Å². The largest absolute Gasteiger partial charge is 0.464 e. The van der Waals surface area contributed by atoms with Gasteiger partial charge in [-0.05, 0) is 173 Å². The van der Waals surface area contributed by atoms with Crippen molar-refractivity contribution < 1.29 is 4.42 Å². The molecule has 0 atom stereocenters. The van der Waals surface area contributed by atoms with Crippen LogP contribution in [0.4, 0.5) is 73.9 Å². The van der Waals surface area contributed by atoms with Crippen LogP contribution in [0.15, 0.2) is 241 Å². The summed E-state index contributed by atoms with van der Waals surface area (Å²) in [6.45, 7) is -0.149. The fraction of sp³-hybridized carbons (Fsp3) is 0.162. The number of hydrogen-bond acceptors (Lipinski definition) is 6. The molecule has 0 radical (unpaired) electrons. The van der Waals surface area contributed by atoms with E-state index < -0.39 is 0 Å². The Kier molecular flexibility index (Phi) is 11.2. The summed E-state index contributed by atoms with van der Waals surface area (Å²) in [4.78, 5) is 13.4.